The number of anilines is 2. The zero-order valence-corrected chi connectivity index (χ0v) is 15.4. The van der Waals surface area contributed by atoms with Gasteiger partial charge in [-0.2, -0.15) is 5.26 Å². The highest BCUT2D eigenvalue weighted by atomic mass is 15.2. The van der Waals surface area contributed by atoms with Gasteiger partial charge in [0.05, 0.1) is 16.8 Å². The summed E-state index contributed by atoms with van der Waals surface area (Å²) in [5.74, 6) is 1.06. The summed E-state index contributed by atoms with van der Waals surface area (Å²) in [7, 11) is 0. The van der Waals surface area contributed by atoms with Crippen LogP contribution in [0, 0.1) is 11.3 Å². The maximum atomic E-state index is 9.43. The molecule has 3 heterocycles. The fourth-order valence-electron chi connectivity index (χ4n) is 3.62. The van der Waals surface area contributed by atoms with Crippen LogP contribution in [0.25, 0.3) is 10.9 Å². The van der Waals surface area contributed by atoms with E-state index in [2.05, 4.69) is 38.4 Å². The Hall–Kier alpha value is -3.13. The smallest absolute Gasteiger partial charge is 0.128 e. The summed E-state index contributed by atoms with van der Waals surface area (Å²) in [5.41, 5.74) is 3.37. The molecule has 3 aromatic rings. The summed E-state index contributed by atoms with van der Waals surface area (Å²) in [6.07, 6.45) is 8.70. The average Bonchev–Trinajstić information content (AvgIpc) is 3.02. The molecule has 0 spiro atoms. The van der Waals surface area contributed by atoms with Gasteiger partial charge in [0.15, 0.2) is 0 Å². The summed E-state index contributed by atoms with van der Waals surface area (Å²) in [5, 5.41) is 13.8. The number of para-hydroxylation sites is 1. The van der Waals surface area contributed by atoms with Crippen molar-refractivity contribution in [2.24, 2.45) is 0 Å². The molecule has 5 nitrogen and oxygen atoms in total. The SMILES string of the molecule is N#Cc1cnc2ccccc2c1NCc1ccc(N2CCCCCC2)nc1. The first-order valence-corrected chi connectivity index (χ1v) is 9.57. The van der Waals surface area contributed by atoms with Gasteiger partial charge in [-0.05, 0) is 30.5 Å². The first kappa shape index (κ1) is 17.3. The topological polar surface area (TPSA) is 64.8 Å². The van der Waals surface area contributed by atoms with Crippen LogP contribution in [0.4, 0.5) is 11.5 Å². The standard InChI is InChI=1S/C22H23N5/c23-13-18-16-24-20-8-4-3-7-19(20)22(18)26-15-17-9-10-21(25-14-17)27-11-5-1-2-6-12-27/h3-4,7-10,14,16H,1-2,5-6,11-12,15H2,(H,24,26). The molecule has 1 aliphatic rings. The zero-order chi connectivity index (χ0) is 18.5. The molecule has 0 amide bonds. The van der Waals surface area contributed by atoms with Gasteiger partial charge in [-0.3, -0.25) is 4.98 Å². The van der Waals surface area contributed by atoms with Crippen molar-refractivity contribution in [2.45, 2.75) is 32.2 Å². The fraction of sp³-hybridized carbons (Fsp3) is 0.318. The molecule has 0 unspecified atom stereocenters. The van der Waals surface area contributed by atoms with Gasteiger partial charge in [0.25, 0.3) is 0 Å². The summed E-state index contributed by atoms with van der Waals surface area (Å²) in [4.78, 5) is 11.4. The fourth-order valence-corrected chi connectivity index (χ4v) is 3.62. The Morgan fingerprint density at radius 3 is 2.52 bits per heavy atom. The predicted molar refractivity (Wildman–Crippen MR) is 109 cm³/mol. The number of aromatic nitrogens is 2. The normalized spacial score (nSPS) is 14.6. The second-order valence-electron chi connectivity index (χ2n) is 6.96. The number of pyridine rings is 2. The number of rotatable bonds is 4. The third-order valence-electron chi connectivity index (χ3n) is 5.10. The Morgan fingerprint density at radius 2 is 1.78 bits per heavy atom. The van der Waals surface area contributed by atoms with Gasteiger partial charge in [-0.25, -0.2) is 4.98 Å². The lowest BCUT2D eigenvalue weighted by molar-refractivity contribution is 0.726. The molecule has 136 valence electrons. The predicted octanol–water partition coefficient (Wildman–Crippen LogP) is 4.49. The summed E-state index contributed by atoms with van der Waals surface area (Å²) in [6.45, 7) is 2.81. The highest BCUT2D eigenvalue weighted by Crippen LogP contribution is 2.26. The van der Waals surface area contributed by atoms with Crippen LogP contribution in [0.3, 0.4) is 0 Å². The van der Waals surface area contributed by atoms with E-state index in [1.165, 1.54) is 25.7 Å². The quantitative estimate of drug-likeness (QED) is 0.745. The Labute approximate surface area is 159 Å². The molecule has 5 heteroatoms. The summed E-state index contributed by atoms with van der Waals surface area (Å²) < 4.78 is 0. The highest BCUT2D eigenvalue weighted by molar-refractivity contribution is 5.93. The number of hydrogen-bond acceptors (Lipinski definition) is 5. The highest BCUT2D eigenvalue weighted by Gasteiger charge is 2.11. The first-order valence-electron chi connectivity index (χ1n) is 9.57. The molecule has 0 atom stereocenters. The van der Waals surface area contributed by atoms with E-state index in [9.17, 15) is 5.26 Å². The molecule has 0 bridgehead atoms. The van der Waals surface area contributed by atoms with Crippen LogP contribution in [-0.4, -0.2) is 23.1 Å². The maximum absolute atomic E-state index is 9.43. The Kier molecular flexibility index (Phi) is 5.15. The van der Waals surface area contributed by atoms with Crippen LogP contribution in [0.1, 0.15) is 36.8 Å². The van der Waals surface area contributed by atoms with E-state index in [0.29, 0.717) is 12.1 Å². The van der Waals surface area contributed by atoms with Crippen LogP contribution in [0.5, 0.6) is 0 Å². The third kappa shape index (κ3) is 3.85. The molecular weight excluding hydrogens is 334 g/mol. The van der Waals surface area contributed by atoms with E-state index >= 15 is 0 Å². The number of benzene rings is 1. The molecule has 27 heavy (non-hydrogen) atoms. The minimum atomic E-state index is 0.558. The van der Waals surface area contributed by atoms with Crippen LogP contribution >= 0.6 is 0 Å². The van der Waals surface area contributed by atoms with Crippen molar-refractivity contribution in [3.8, 4) is 6.07 Å². The van der Waals surface area contributed by atoms with Gasteiger partial charge in [-0.15, -0.1) is 0 Å². The zero-order valence-electron chi connectivity index (χ0n) is 15.4. The monoisotopic (exact) mass is 357 g/mol. The van der Waals surface area contributed by atoms with E-state index in [4.69, 9.17) is 0 Å². The second kappa shape index (κ2) is 8.05. The van der Waals surface area contributed by atoms with Crippen LogP contribution in [-0.2, 0) is 6.54 Å². The Bertz CT molecular complexity index is 951. The lowest BCUT2D eigenvalue weighted by atomic mass is 10.1. The van der Waals surface area contributed by atoms with E-state index in [1.54, 1.807) is 6.20 Å². The molecule has 1 aromatic carbocycles. The maximum Gasteiger partial charge on any atom is 0.128 e. The molecule has 1 fully saturated rings. The molecule has 1 saturated heterocycles. The molecule has 1 N–H and O–H groups in total. The van der Waals surface area contributed by atoms with Crippen LogP contribution in [0.15, 0.2) is 48.8 Å². The van der Waals surface area contributed by atoms with Gasteiger partial charge >= 0.3 is 0 Å². The van der Waals surface area contributed by atoms with Crippen molar-refractivity contribution in [2.75, 3.05) is 23.3 Å². The van der Waals surface area contributed by atoms with Gasteiger partial charge in [0, 0.05) is 37.4 Å². The van der Waals surface area contributed by atoms with E-state index in [-0.39, 0.29) is 0 Å². The number of nitriles is 1. The van der Waals surface area contributed by atoms with E-state index in [1.807, 2.05) is 30.5 Å². The Balaban J connectivity index is 1.51. The van der Waals surface area contributed by atoms with Gasteiger partial charge in [-0.1, -0.05) is 37.1 Å². The molecule has 0 aliphatic carbocycles. The summed E-state index contributed by atoms with van der Waals surface area (Å²) >= 11 is 0. The van der Waals surface area contributed by atoms with Crippen molar-refractivity contribution in [1.82, 2.24) is 9.97 Å². The van der Waals surface area contributed by atoms with Crippen LogP contribution in [0.2, 0.25) is 0 Å². The number of nitrogens with zero attached hydrogens (tertiary/aromatic N) is 4. The lowest BCUT2D eigenvalue weighted by Gasteiger charge is -2.21. The van der Waals surface area contributed by atoms with Crippen molar-refractivity contribution < 1.29 is 0 Å². The minimum absolute atomic E-state index is 0.558. The molecule has 0 saturated carbocycles. The molecular formula is C22H23N5. The lowest BCUT2D eigenvalue weighted by Crippen LogP contribution is -2.24. The second-order valence-corrected chi connectivity index (χ2v) is 6.96. The molecule has 0 radical (unpaired) electrons. The van der Waals surface area contributed by atoms with E-state index < -0.39 is 0 Å². The molecule has 2 aromatic heterocycles. The average molecular weight is 357 g/mol. The van der Waals surface area contributed by atoms with Crippen LogP contribution < -0.4 is 10.2 Å². The van der Waals surface area contributed by atoms with E-state index in [0.717, 1.165) is 41.1 Å². The van der Waals surface area contributed by atoms with Crippen molar-refractivity contribution in [3.05, 3.63) is 59.9 Å². The van der Waals surface area contributed by atoms with Crippen molar-refractivity contribution >= 4 is 22.4 Å². The molecule has 1 aliphatic heterocycles. The minimum Gasteiger partial charge on any atom is -0.379 e. The number of nitrogens with one attached hydrogen (secondary N) is 1. The molecule has 4 rings (SSSR count). The first-order chi connectivity index (χ1) is 13.3. The largest absolute Gasteiger partial charge is 0.379 e. The third-order valence-corrected chi connectivity index (χ3v) is 5.10. The number of hydrogen-bond donors (Lipinski definition) is 1. The number of fused-ring (bicyclic) bond motifs is 1. The Morgan fingerprint density at radius 1 is 0.963 bits per heavy atom. The summed E-state index contributed by atoms with van der Waals surface area (Å²) in [6, 6.07) is 14.3. The van der Waals surface area contributed by atoms with Gasteiger partial charge in [0.1, 0.15) is 11.9 Å². The van der Waals surface area contributed by atoms with Gasteiger partial charge < -0.3 is 10.2 Å². The van der Waals surface area contributed by atoms with Crippen molar-refractivity contribution in [3.63, 3.8) is 0 Å². The van der Waals surface area contributed by atoms with Gasteiger partial charge in [0.2, 0.25) is 0 Å². The van der Waals surface area contributed by atoms with Crippen molar-refractivity contribution in [1.29, 1.82) is 5.26 Å².